The third-order valence-electron chi connectivity index (χ3n) is 9.57. The maximum Gasteiger partial charge on any atom is 0.0547 e. The molecule has 2 heteroatoms. The summed E-state index contributed by atoms with van der Waals surface area (Å²) in [6.07, 6.45) is 0. The van der Waals surface area contributed by atoms with Crippen LogP contribution in [0.15, 0.2) is 206 Å². The van der Waals surface area contributed by atoms with E-state index in [1.54, 1.807) is 0 Å². The van der Waals surface area contributed by atoms with Crippen molar-refractivity contribution in [3.05, 3.63) is 206 Å². The number of hydrogen-bond acceptors (Lipinski definition) is 1. The smallest absolute Gasteiger partial charge is 0.0547 e. The Labute approximate surface area is 292 Å². The molecule has 1 aromatic heterocycles. The fraction of sp³-hybridized carbons (Fsp3) is 0. The monoisotopic (exact) mass is 638 g/mol. The molecule has 236 valence electrons. The fourth-order valence-electron chi connectivity index (χ4n) is 7.25. The average molecular weight is 639 g/mol. The molecule has 0 N–H and O–H groups in total. The van der Waals surface area contributed by atoms with Gasteiger partial charge in [-0.3, -0.25) is 0 Å². The van der Waals surface area contributed by atoms with E-state index in [1.807, 2.05) is 0 Å². The lowest BCUT2D eigenvalue weighted by atomic mass is 9.90. The largest absolute Gasteiger partial charge is 0.310 e. The van der Waals surface area contributed by atoms with Crippen LogP contribution in [-0.2, 0) is 0 Å². The van der Waals surface area contributed by atoms with E-state index in [1.165, 1.54) is 49.6 Å². The Kier molecular flexibility index (Phi) is 7.53. The van der Waals surface area contributed by atoms with Crippen LogP contribution in [0.25, 0.3) is 60.9 Å². The van der Waals surface area contributed by atoms with Gasteiger partial charge in [-0.05, 0) is 100 Å². The number of hydrogen-bond donors (Lipinski definition) is 0. The molecule has 8 aromatic carbocycles. The van der Waals surface area contributed by atoms with Gasteiger partial charge in [-0.1, -0.05) is 140 Å². The van der Waals surface area contributed by atoms with E-state index >= 15 is 0 Å². The van der Waals surface area contributed by atoms with E-state index in [0.29, 0.717) is 0 Å². The van der Waals surface area contributed by atoms with E-state index in [2.05, 4.69) is 216 Å². The summed E-state index contributed by atoms with van der Waals surface area (Å²) in [7, 11) is 0. The maximum atomic E-state index is 2.40. The Bertz CT molecular complexity index is 2530. The van der Waals surface area contributed by atoms with Crippen molar-refractivity contribution in [1.82, 2.24) is 4.57 Å². The fourth-order valence-corrected chi connectivity index (χ4v) is 7.25. The molecule has 50 heavy (non-hydrogen) atoms. The zero-order valence-corrected chi connectivity index (χ0v) is 27.5. The third-order valence-corrected chi connectivity index (χ3v) is 9.57. The normalized spacial score (nSPS) is 11.2. The maximum absolute atomic E-state index is 2.40. The van der Waals surface area contributed by atoms with Gasteiger partial charge in [-0.15, -0.1) is 0 Å². The van der Waals surface area contributed by atoms with E-state index in [4.69, 9.17) is 0 Å². The summed E-state index contributed by atoms with van der Waals surface area (Å²) in [4.78, 5) is 2.33. The summed E-state index contributed by atoms with van der Waals surface area (Å²) < 4.78 is 2.40. The molecule has 0 aliphatic heterocycles. The number of fused-ring (bicyclic) bond motifs is 3. The van der Waals surface area contributed by atoms with Gasteiger partial charge in [-0.25, -0.2) is 0 Å². The quantitative estimate of drug-likeness (QED) is 0.169. The predicted molar refractivity (Wildman–Crippen MR) is 212 cm³/mol. The summed E-state index contributed by atoms with van der Waals surface area (Å²) in [5, 5.41) is 2.50. The summed E-state index contributed by atoms with van der Waals surface area (Å²) in [6, 6.07) is 74.1. The lowest BCUT2D eigenvalue weighted by Crippen LogP contribution is -2.09. The van der Waals surface area contributed by atoms with Crippen molar-refractivity contribution in [2.24, 2.45) is 0 Å². The highest BCUT2D eigenvalue weighted by Gasteiger charge is 2.18. The molecule has 0 radical (unpaired) electrons. The molecular formula is C48H34N2. The minimum absolute atomic E-state index is 1.11. The zero-order valence-electron chi connectivity index (χ0n) is 27.5. The van der Waals surface area contributed by atoms with Crippen LogP contribution >= 0.6 is 0 Å². The van der Waals surface area contributed by atoms with Gasteiger partial charge in [0, 0.05) is 33.5 Å². The second-order valence-corrected chi connectivity index (χ2v) is 12.6. The van der Waals surface area contributed by atoms with Gasteiger partial charge < -0.3 is 9.47 Å². The summed E-state index contributed by atoms with van der Waals surface area (Å²) >= 11 is 0. The molecule has 0 amide bonds. The standard InChI is InChI=1S/C48H34N2/c1-5-16-35(17-6-1)36-28-30-43(37-18-15-25-42(32-37)49(39-19-7-2-8-20-39)40-21-9-3-10-22-40)46(33-36)38-29-31-45-44-26-13-14-27-47(44)50(48(45)34-38)41-23-11-4-12-24-41/h1-34H. The van der Waals surface area contributed by atoms with Gasteiger partial charge in [0.15, 0.2) is 0 Å². The summed E-state index contributed by atoms with van der Waals surface area (Å²) in [6.45, 7) is 0. The molecule has 9 aromatic rings. The Balaban J connectivity index is 1.26. The predicted octanol–water partition coefficient (Wildman–Crippen LogP) is 13.3. The van der Waals surface area contributed by atoms with Gasteiger partial charge in [0.1, 0.15) is 0 Å². The number of aromatic nitrogens is 1. The molecule has 0 saturated carbocycles. The van der Waals surface area contributed by atoms with Crippen LogP contribution in [0.3, 0.4) is 0 Å². The van der Waals surface area contributed by atoms with Crippen molar-refractivity contribution < 1.29 is 0 Å². The minimum Gasteiger partial charge on any atom is -0.310 e. The van der Waals surface area contributed by atoms with E-state index in [9.17, 15) is 0 Å². The Hall–Kier alpha value is -6.64. The molecule has 1 heterocycles. The van der Waals surface area contributed by atoms with Crippen molar-refractivity contribution in [2.45, 2.75) is 0 Å². The van der Waals surface area contributed by atoms with Crippen molar-refractivity contribution in [3.63, 3.8) is 0 Å². The van der Waals surface area contributed by atoms with Crippen molar-refractivity contribution >= 4 is 38.9 Å². The minimum atomic E-state index is 1.11. The van der Waals surface area contributed by atoms with Crippen LogP contribution in [0.2, 0.25) is 0 Å². The first kappa shape index (κ1) is 29.5. The van der Waals surface area contributed by atoms with Gasteiger partial charge in [-0.2, -0.15) is 0 Å². The van der Waals surface area contributed by atoms with Crippen LogP contribution in [0.1, 0.15) is 0 Å². The van der Waals surface area contributed by atoms with Gasteiger partial charge in [0.25, 0.3) is 0 Å². The first-order chi connectivity index (χ1) is 24.8. The molecular weight excluding hydrogens is 605 g/mol. The van der Waals surface area contributed by atoms with Gasteiger partial charge >= 0.3 is 0 Å². The van der Waals surface area contributed by atoms with Crippen molar-refractivity contribution in [2.75, 3.05) is 4.90 Å². The van der Waals surface area contributed by atoms with E-state index in [-0.39, 0.29) is 0 Å². The number of para-hydroxylation sites is 4. The Morgan fingerprint density at radius 1 is 0.300 bits per heavy atom. The first-order valence-corrected chi connectivity index (χ1v) is 17.1. The lowest BCUT2D eigenvalue weighted by molar-refractivity contribution is 1.18. The summed E-state index contributed by atoms with van der Waals surface area (Å²) in [5.74, 6) is 0. The molecule has 2 nitrogen and oxygen atoms in total. The lowest BCUT2D eigenvalue weighted by Gasteiger charge is -2.26. The topological polar surface area (TPSA) is 8.17 Å². The average Bonchev–Trinajstić information content (AvgIpc) is 3.53. The molecule has 0 saturated heterocycles. The second-order valence-electron chi connectivity index (χ2n) is 12.6. The Morgan fingerprint density at radius 2 is 0.840 bits per heavy atom. The van der Waals surface area contributed by atoms with Crippen LogP contribution in [0, 0.1) is 0 Å². The van der Waals surface area contributed by atoms with Crippen LogP contribution in [0.5, 0.6) is 0 Å². The molecule has 9 rings (SSSR count). The number of nitrogens with zero attached hydrogens (tertiary/aromatic N) is 2. The molecule has 0 atom stereocenters. The molecule has 0 fully saturated rings. The number of anilines is 3. The number of benzene rings is 8. The van der Waals surface area contributed by atoms with Crippen molar-refractivity contribution in [1.29, 1.82) is 0 Å². The number of rotatable bonds is 7. The van der Waals surface area contributed by atoms with Crippen molar-refractivity contribution in [3.8, 4) is 39.1 Å². The summed E-state index contributed by atoms with van der Waals surface area (Å²) in [5.41, 5.74) is 14.0. The molecule has 0 aliphatic rings. The van der Waals surface area contributed by atoms with Gasteiger partial charge in [0.05, 0.1) is 11.0 Å². The van der Waals surface area contributed by atoms with Crippen LogP contribution < -0.4 is 4.90 Å². The molecule has 0 bridgehead atoms. The SMILES string of the molecule is c1ccc(-c2ccc(-c3cccc(N(c4ccccc4)c4ccccc4)c3)c(-c3ccc4c5ccccc5n(-c5ccccc5)c4c3)c2)cc1. The highest BCUT2D eigenvalue weighted by Crippen LogP contribution is 2.42. The van der Waals surface area contributed by atoms with E-state index in [0.717, 1.165) is 28.3 Å². The van der Waals surface area contributed by atoms with Crippen LogP contribution in [0.4, 0.5) is 17.1 Å². The third kappa shape index (κ3) is 5.34. The van der Waals surface area contributed by atoms with Gasteiger partial charge in [0.2, 0.25) is 0 Å². The molecule has 0 aliphatic carbocycles. The zero-order chi connectivity index (χ0) is 33.3. The van der Waals surface area contributed by atoms with E-state index < -0.39 is 0 Å². The highest BCUT2D eigenvalue weighted by atomic mass is 15.1. The van der Waals surface area contributed by atoms with Crippen LogP contribution in [-0.4, -0.2) is 4.57 Å². The molecule has 0 spiro atoms. The highest BCUT2D eigenvalue weighted by molar-refractivity contribution is 6.10. The first-order valence-electron chi connectivity index (χ1n) is 17.1. The Morgan fingerprint density at radius 3 is 1.56 bits per heavy atom. The molecule has 0 unspecified atom stereocenters. The second kappa shape index (κ2) is 12.8.